The minimum atomic E-state index is 0. The maximum atomic E-state index is 12.9. The first kappa shape index (κ1) is 16.7. The molecule has 2 aliphatic heterocycles. The van der Waals surface area contributed by atoms with Crippen LogP contribution in [-0.2, 0) is 11.2 Å². The van der Waals surface area contributed by atoms with Crippen LogP contribution in [0.4, 0.5) is 0 Å². The van der Waals surface area contributed by atoms with Gasteiger partial charge in [-0.05, 0) is 30.4 Å². The van der Waals surface area contributed by atoms with Crippen LogP contribution in [0.15, 0.2) is 24.3 Å². The van der Waals surface area contributed by atoms with Gasteiger partial charge >= 0.3 is 0 Å². The van der Waals surface area contributed by atoms with E-state index in [1.54, 1.807) is 0 Å². The highest BCUT2D eigenvalue weighted by Gasteiger charge is 2.36. The second-order valence-electron chi connectivity index (χ2n) is 6.80. The quantitative estimate of drug-likeness (QED) is 0.892. The van der Waals surface area contributed by atoms with E-state index in [9.17, 15) is 4.79 Å². The monoisotopic (exact) mass is 335 g/mol. The molecule has 1 N–H and O–H groups in total. The van der Waals surface area contributed by atoms with E-state index in [1.807, 2.05) is 0 Å². The molecule has 2 unspecified atom stereocenters. The number of likely N-dealkylation sites (tertiary alicyclic amines) is 1. The average Bonchev–Trinajstić information content (AvgIpc) is 3.22. The summed E-state index contributed by atoms with van der Waals surface area (Å²) < 4.78 is 0. The molecule has 2 atom stereocenters. The van der Waals surface area contributed by atoms with Gasteiger partial charge in [0.2, 0.25) is 5.91 Å². The number of hydrogen-bond donors (Lipinski definition) is 1. The van der Waals surface area contributed by atoms with E-state index in [4.69, 9.17) is 0 Å². The number of aryl methyl sites for hydroxylation is 1. The summed E-state index contributed by atoms with van der Waals surface area (Å²) in [6.07, 6.45) is 3.19. The third kappa shape index (κ3) is 3.25. The van der Waals surface area contributed by atoms with Crippen molar-refractivity contribution >= 4 is 18.3 Å². The molecule has 23 heavy (non-hydrogen) atoms. The van der Waals surface area contributed by atoms with Crippen LogP contribution in [0.5, 0.6) is 0 Å². The molecule has 0 saturated carbocycles. The van der Waals surface area contributed by atoms with Gasteiger partial charge in [0.1, 0.15) is 0 Å². The van der Waals surface area contributed by atoms with Crippen LogP contribution < -0.4 is 5.32 Å². The first-order valence-electron chi connectivity index (χ1n) is 8.64. The summed E-state index contributed by atoms with van der Waals surface area (Å²) in [5.41, 5.74) is 2.65. The minimum absolute atomic E-state index is 0. The van der Waals surface area contributed by atoms with Crippen LogP contribution in [0, 0.1) is 0 Å². The number of hydrogen-bond acceptors (Lipinski definition) is 3. The van der Waals surface area contributed by atoms with E-state index >= 15 is 0 Å². The summed E-state index contributed by atoms with van der Waals surface area (Å²) in [6, 6.07) is 9.05. The van der Waals surface area contributed by atoms with Crippen molar-refractivity contribution in [2.75, 3.05) is 39.3 Å². The summed E-state index contributed by atoms with van der Waals surface area (Å²) in [4.78, 5) is 17.6. The zero-order valence-corrected chi connectivity index (χ0v) is 14.4. The van der Waals surface area contributed by atoms with E-state index < -0.39 is 0 Å². The Labute approximate surface area is 144 Å². The summed E-state index contributed by atoms with van der Waals surface area (Å²) in [7, 11) is 0. The van der Waals surface area contributed by atoms with Gasteiger partial charge in [0, 0.05) is 45.3 Å². The number of halogens is 1. The van der Waals surface area contributed by atoms with Crippen molar-refractivity contribution < 1.29 is 4.79 Å². The molecule has 2 fully saturated rings. The molecule has 0 radical (unpaired) electrons. The van der Waals surface area contributed by atoms with Gasteiger partial charge in [0.05, 0.1) is 5.92 Å². The summed E-state index contributed by atoms with van der Waals surface area (Å²) >= 11 is 0. The van der Waals surface area contributed by atoms with Crippen LogP contribution in [0.3, 0.4) is 0 Å². The molecule has 5 heteroatoms. The van der Waals surface area contributed by atoms with Crippen LogP contribution in [0.2, 0.25) is 0 Å². The first-order chi connectivity index (χ1) is 10.8. The maximum absolute atomic E-state index is 12.9. The summed E-state index contributed by atoms with van der Waals surface area (Å²) in [5.74, 6) is 0.473. The zero-order chi connectivity index (χ0) is 14.9. The third-order valence-corrected chi connectivity index (χ3v) is 5.57. The largest absolute Gasteiger partial charge is 0.341 e. The molecule has 126 valence electrons. The Morgan fingerprint density at radius 3 is 2.70 bits per heavy atom. The van der Waals surface area contributed by atoms with Crippen LogP contribution in [0.1, 0.15) is 29.9 Å². The predicted molar refractivity (Wildman–Crippen MR) is 94.2 cm³/mol. The first-order valence-corrected chi connectivity index (χ1v) is 8.64. The molecule has 0 spiro atoms. The number of carbonyl (C=O) groups is 1. The van der Waals surface area contributed by atoms with Gasteiger partial charge < -0.3 is 10.2 Å². The van der Waals surface area contributed by atoms with Gasteiger partial charge in [-0.1, -0.05) is 24.3 Å². The van der Waals surface area contributed by atoms with Crippen molar-refractivity contribution in [3.63, 3.8) is 0 Å². The second-order valence-corrected chi connectivity index (χ2v) is 6.80. The Morgan fingerprint density at radius 2 is 1.87 bits per heavy atom. The summed E-state index contributed by atoms with van der Waals surface area (Å²) in [5, 5.41) is 3.41. The highest BCUT2D eigenvalue weighted by atomic mass is 35.5. The van der Waals surface area contributed by atoms with Crippen molar-refractivity contribution in [1.82, 2.24) is 15.1 Å². The lowest BCUT2D eigenvalue weighted by atomic mass is 10.00. The van der Waals surface area contributed by atoms with E-state index in [0.717, 1.165) is 58.5 Å². The Hall–Kier alpha value is -1.10. The molecule has 4 rings (SSSR count). The second kappa shape index (κ2) is 7.20. The molecule has 1 amide bonds. The SMILES string of the molecule is Cl.O=C(C1CCc2ccccc21)N1CCC(N2CCNCC2)C1. The lowest BCUT2D eigenvalue weighted by Crippen LogP contribution is -2.49. The smallest absolute Gasteiger partial charge is 0.230 e. The van der Waals surface area contributed by atoms with Gasteiger partial charge in [-0.3, -0.25) is 9.69 Å². The van der Waals surface area contributed by atoms with Crippen LogP contribution in [0.25, 0.3) is 0 Å². The lowest BCUT2D eigenvalue weighted by Gasteiger charge is -2.32. The standard InChI is InChI=1S/C18H25N3O.ClH/c22-18(17-6-5-14-3-1-2-4-16(14)17)21-10-7-15(13-21)20-11-8-19-9-12-20;/h1-4,15,17,19H,5-13H2;1H. The van der Waals surface area contributed by atoms with E-state index in [-0.39, 0.29) is 18.3 Å². The van der Waals surface area contributed by atoms with Gasteiger partial charge in [-0.25, -0.2) is 0 Å². The molecule has 3 aliphatic rings. The predicted octanol–water partition coefficient (Wildman–Crippen LogP) is 1.64. The van der Waals surface area contributed by atoms with Crippen LogP contribution in [-0.4, -0.2) is 61.0 Å². The number of nitrogens with zero attached hydrogens (tertiary/aromatic N) is 2. The molecule has 2 heterocycles. The average molecular weight is 336 g/mol. The number of nitrogens with one attached hydrogen (secondary N) is 1. The maximum Gasteiger partial charge on any atom is 0.230 e. The van der Waals surface area contributed by atoms with Crippen molar-refractivity contribution in [2.24, 2.45) is 0 Å². The molecule has 2 saturated heterocycles. The zero-order valence-electron chi connectivity index (χ0n) is 13.5. The number of fused-ring (bicyclic) bond motifs is 1. The number of amides is 1. The van der Waals surface area contributed by atoms with Gasteiger partial charge in [-0.15, -0.1) is 12.4 Å². The minimum Gasteiger partial charge on any atom is -0.341 e. The Bertz CT molecular complexity index is 559. The molecule has 0 bridgehead atoms. The topological polar surface area (TPSA) is 35.6 Å². The van der Waals surface area contributed by atoms with Crippen molar-refractivity contribution in [3.8, 4) is 0 Å². The van der Waals surface area contributed by atoms with Gasteiger partial charge in [-0.2, -0.15) is 0 Å². The Morgan fingerprint density at radius 1 is 1.09 bits per heavy atom. The van der Waals surface area contributed by atoms with Gasteiger partial charge in [0.25, 0.3) is 0 Å². The molecule has 1 aromatic carbocycles. The van der Waals surface area contributed by atoms with E-state index in [0.29, 0.717) is 11.9 Å². The van der Waals surface area contributed by atoms with Crippen LogP contribution >= 0.6 is 12.4 Å². The lowest BCUT2D eigenvalue weighted by molar-refractivity contribution is -0.131. The summed E-state index contributed by atoms with van der Waals surface area (Å²) in [6.45, 7) is 6.28. The molecular weight excluding hydrogens is 310 g/mol. The fourth-order valence-corrected chi connectivity index (χ4v) is 4.32. The molecule has 1 aromatic rings. The number of rotatable bonds is 2. The number of carbonyl (C=O) groups excluding carboxylic acids is 1. The van der Waals surface area contributed by atoms with E-state index in [1.165, 1.54) is 11.1 Å². The highest BCUT2D eigenvalue weighted by molar-refractivity contribution is 5.85. The highest BCUT2D eigenvalue weighted by Crippen LogP contribution is 2.35. The molecule has 1 aliphatic carbocycles. The van der Waals surface area contributed by atoms with Crippen molar-refractivity contribution in [1.29, 1.82) is 0 Å². The number of benzene rings is 1. The fourth-order valence-electron chi connectivity index (χ4n) is 4.32. The normalized spacial score (nSPS) is 27.6. The fraction of sp³-hybridized carbons (Fsp3) is 0.611. The third-order valence-electron chi connectivity index (χ3n) is 5.57. The molecule has 4 nitrogen and oxygen atoms in total. The Kier molecular flexibility index (Phi) is 5.24. The molecule has 0 aromatic heterocycles. The Balaban J connectivity index is 0.00000156. The van der Waals surface area contributed by atoms with Gasteiger partial charge in [0.15, 0.2) is 0 Å². The van der Waals surface area contributed by atoms with E-state index in [2.05, 4.69) is 39.4 Å². The van der Waals surface area contributed by atoms with Crippen molar-refractivity contribution in [2.45, 2.75) is 31.2 Å². The van der Waals surface area contributed by atoms with Crippen molar-refractivity contribution in [3.05, 3.63) is 35.4 Å². The molecular formula is C18H26ClN3O. The number of piperazine rings is 1.